The van der Waals surface area contributed by atoms with Crippen molar-refractivity contribution < 1.29 is 9.84 Å². The zero-order chi connectivity index (χ0) is 13.2. The van der Waals surface area contributed by atoms with Crippen LogP contribution < -0.4 is 0 Å². The molecule has 0 saturated heterocycles. The second kappa shape index (κ2) is 8.90. The predicted octanol–water partition coefficient (Wildman–Crippen LogP) is 3.70. The number of unbranched alkanes of at least 4 members (excludes halogenated alkanes) is 1. The smallest absolute Gasteiger partial charge is 0.0957 e. The Morgan fingerprint density at radius 3 is 2.72 bits per heavy atom. The van der Waals surface area contributed by atoms with Gasteiger partial charge in [-0.25, -0.2) is 0 Å². The Labute approximate surface area is 110 Å². The van der Waals surface area contributed by atoms with Crippen molar-refractivity contribution in [3.05, 3.63) is 47.5 Å². The lowest BCUT2D eigenvalue weighted by Crippen LogP contribution is -2.12. The minimum Gasteiger partial charge on any atom is -0.387 e. The first-order valence-corrected chi connectivity index (χ1v) is 6.69. The number of allylic oxidation sites excluding steroid dienone is 1. The third kappa shape index (κ3) is 6.58. The van der Waals surface area contributed by atoms with E-state index in [9.17, 15) is 5.11 Å². The van der Waals surface area contributed by atoms with E-state index in [1.54, 1.807) is 0 Å². The van der Waals surface area contributed by atoms with Gasteiger partial charge in [0.25, 0.3) is 0 Å². The van der Waals surface area contributed by atoms with Crippen LogP contribution in [0.3, 0.4) is 0 Å². The fourth-order valence-corrected chi connectivity index (χ4v) is 1.79. The topological polar surface area (TPSA) is 29.5 Å². The van der Waals surface area contributed by atoms with Crippen molar-refractivity contribution in [3.8, 4) is 0 Å². The van der Waals surface area contributed by atoms with Crippen molar-refractivity contribution in [3.63, 3.8) is 0 Å². The third-order valence-electron chi connectivity index (χ3n) is 2.80. The van der Waals surface area contributed by atoms with Crippen LogP contribution in [0.1, 0.15) is 38.7 Å². The average molecular weight is 248 g/mol. The lowest BCUT2D eigenvalue weighted by Gasteiger charge is -2.09. The molecular formula is C16H24O2. The van der Waals surface area contributed by atoms with Gasteiger partial charge in [-0.15, -0.1) is 0 Å². The maximum Gasteiger partial charge on any atom is 0.0957 e. The molecule has 0 aliphatic rings. The normalized spacial score (nSPS) is 13.6. The Morgan fingerprint density at radius 1 is 1.33 bits per heavy atom. The van der Waals surface area contributed by atoms with Crippen LogP contribution in [0.25, 0.3) is 0 Å². The molecule has 2 heteroatoms. The van der Waals surface area contributed by atoms with Crippen LogP contribution in [-0.4, -0.2) is 17.8 Å². The van der Waals surface area contributed by atoms with Gasteiger partial charge >= 0.3 is 0 Å². The average Bonchev–Trinajstić information content (AvgIpc) is 2.37. The van der Waals surface area contributed by atoms with Crippen molar-refractivity contribution in [2.75, 3.05) is 6.61 Å². The second-order valence-corrected chi connectivity index (χ2v) is 4.68. The van der Waals surface area contributed by atoms with Crippen LogP contribution in [-0.2, 0) is 11.3 Å². The molecule has 1 N–H and O–H groups in total. The van der Waals surface area contributed by atoms with Crippen LogP contribution in [0, 0.1) is 0 Å². The number of hydrogen-bond donors (Lipinski definition) is 1. The molecule has 0 radical (unpaired) electrons. The minimum atomic E-state index is -0.495. The molecule has 0 aliphatic heterocycles. The summed E-state index contributed by atoms with van der Waals surface area (Å²) >= 11 is 0. The van der Waals surface area contributed by atoms with Gasteiger partial charge in [-0.1, -0.05) is 55.3 Å². The summed E-state index contributed by atoms with van der Waals surface area (Å²) in [7, 11) is 0. The Kier molecular flexibility index (Phi) is 7.38. The molecule has 2 nitrogen and oxygen atoms in total. The summed E-state index contributed by atoms with van der Waals surface area (Å²) in [4.78, 5) is 0. The minimum absolute atomic E-state index is 0.359. The standard InChI is InChI=1S/C16H24O2/c1-3-4-8-14(2)11-16(17)13-18-12-15-9-6-5-7-10-15/h5-7,9-11,16-17H,3-4,8,12-13H2,1-2H3. The van der Waals surface area contributed by atoms with Crippen molar-refractivity contribution in [2.24, 2.45) is 0 Å². The lowest BCUT2D eigenvalue weighted by molar-refractivity contribution is 0.0500. The second-order valence-electron chi connectivity index (χ2n) is 4.68. The maximum absolute atomic E-state index is 9.80. The van der Waals surface area contributed by atoms with Crippen molar-refractivity contribution in [1.82, 2.24) is 0 Å². The fraction of sp³-hybridized carbons (Fsp3) is 0.500. The van der Waals surface area contributed by atoms with Crippen LogP contribution in [0.4, 0.5) is 0 Å². The number of aliphatic hydroxyl groups is 1. The third-order valence-corrected chi connectivity index (χ3v) is 2.80. The van der Waals surface area contributed by atoms with E-state index in [1.807, 2.05) is 36.4 Å². The maximum atomic E-state index is 9.80. The van der Waals surface area contributed by atoms with Crippen molar-refractivity contribution in [2.45, 2.75) is 45.8 Å². The highest BCUT2D eigenvalue weighted by Gasteiger charge is 2.01. The quantitative estimate of drug-likeness (QED) is 0.711. The summed E-state index contributed by atoms with van der Waals surface area (Å²) < 4.78 is 5.49. The molecule has 0 fully saturated rings. The first-order chi connectivity index (χ1) is 8.72. The van der Waals surface area contributed by atoms with Gasteiger partial charge in [0.15, 0.2) is 0 Å². The van der Waals surface area contributed by atoms with Crippen LogP contribution in [0.15, 0.2) is 42.0 Å². The van der Waals surface area contributed by atoms with Gasteiger partial charge in [-0.05, 0) is 25.3 Å². The molecule has 0 spiro atoms. The zero-order valence-corrected chi connectivity index (χ0v) is 11.4. The largest absolute Gasteiger partial charge is 0.387 e. The molecule has 0 saturated carbocycles. The molecule has 18 heavy (non-hydrogen) atoms. The van der Waals surface area contributed by atoms with Gasteiger partial charge < -0.3 is 9.84 Å². The molecular weight excluding hydrogens is 224 g/mol. The van der Waals surface area contributed by atoms with E-state index >= 15 is 0 Å². The first kappa shape index (κ1) is 14.9. The number of benzene rings is 1. The van der Waals surface area contributed by atoms with E-state index in [0.29, 0.717) is 13.2 Å². The van der Waals surface area contributed by atoms with Crippen molar-refractivity contribution >= 4 is 0 Å². The van der Waals surface area contributed by atoms with Gasteiger partial charge in [0, 0.05) is 0 Å². The molecule has 0 aromatic heterocycles. The Morgan fingerprint density at radius 2 is 2.06 bits per heavy atom. The highest BCUT2D eigenvalue weighted by molar-refractivity contribution is 5.13. The Bertz CT molecular complexity index is 343. The molecule has 1 aromatic rings. The van der Waals surface area contributed by atoms with Crippen LogP contribution >= 0.6 is 0 Å². The van der Waals surface area contributed by atoms with Gasteiger partial charge in [-0.3, -0.25) is 0 Å². The molecule has 1 rings (SSSR count). The van der Waals surface area contributed by atoms with E-state index in [2.05, 4.69) is 13.8 Å². The van der Waals surface area contributed by atoms with E-state index in [0.717, 1.165) is 12.0 Å². The van der Waals surface area contributed by atoms with E-state index in [-0.39, 0.29) is 0 Å². The fourth-order valence-electron chi connectivity index (χ4n) is 1.79. The van der Waals surface area contributed by atoms with Crippen LogP contribution in [0.5, 0.6) is 0 Å². The molecule has 0 aliphatic carbocycles. The summed E-state index contributed by atoms with van der Waals surface area (Å²) in [6.45, 7) is 5.15. The molecule has 0 bridgehead atoms. The molecule has 100 valence electrons. The summed E-state index contributed by atoms with van der Waals surface area (Å²) in [6.07, 6.45) is 4.84. The molecule has 1 aromatic carbocycles. The van der Waals surface area contributed by atoms with Gasteiger partial charge in [-0.2, -0.15) is 0 Å². The van der Waals surface area contributed by atoms with Crippen LogP contribution in [0.2, 0.25) is 0 Å². The number of ether oxygens (including phenoxy) is 1. The molecule has 0 heterocycles. The lowest BCUT2D eigenvalue weighted by atomic mass is 10.1. The monoisotopic (exact) mass is 248 g/mol. The molecule has 1 unspecified atom stereocenters. The van der Waals surface area contributed by atoms with Crippen molar-refractivity contribution in [1.29, 1.82) is 0 Å². The number of rotatable bonds is 8. The van der Waals surface area contributed by atoms with E-state index in [4.69, 9.17) is 4.74 Å². The number of hydrogen-bond acceptors (Lipinski definition) is 2. The van der Waals surface area contributed by atoms with Gasteiger partial charge in [0.2, 0.25) is 0 Å². The van der Waals surface area contributed by atoms with Gasteiger partial charge in [0.05, 0.1) is 19.3 Å². The van der Waals surface area contributed by atoms with E-state index < -0.39 is 6.10 Å². The first-order valence-electron chi connectivity index (χ1n) is 6.69. The summed E-state index contributed by atoms with van der Waals surface area (Å²) in [5.41, 5.74) is 2.38. The number of aliphatic hydroxyl groups excluding tert-OH is 1. The summed E-state index contributed by atoms with van der Waals surface area (Å²) in [5, 5.41) is 9.80. The Balaban J connectivity index is 2.22. The van der Waals surface area contributed by atoms with E-state index in [1.165, 1.54) is 18.4 Å². The molecule has 1 atom stereocenters. The predicted molar refractivity (Wildman–Crippen MR) is 75.4 cm³/mol. The SMILES string of the molecule is CCCCC(C)=CC(O)COCc1ccccc1. The van der Waals surface area contributed by atoms with Gasteiger partial charge in [0.1, 0.15) is 0 Å². The molecule has 0 amide bonds. The zero-order valence-electron chi connectivity index (χ0n) is 11.4. The Hall–Kier alpha value is -1.12. The summed E-state index contributed by atoms with van der Waals surface area (Å²) in [6, 6.07) is 10.0. The highest BCUT2D eigenvalue weighted by atomic mass is 16.5. The highest BCUT2D eigenvalue weighted by Crippen LogP contribution is 2.08. The summed E-state index contributed by atoms with van der Waals surface area (Å²) in [5.74, 6) is 0.